The average Bonchev–Trinajstić information content (AvgIpc) is 2.52. The second-order valence-corrected chi connectivity index (χ2v) is 5.53. The van der Waals surface area contributed by atoms with Crippen LogP contribution in [0, 0.1) is 27.7 Å². The van der Waals surface area contributed by atoms with Gasteiger partial charge in [-0.3, -0.25) is 9.59 Å². The van der Waals surface area contributed by atoms with E-state index in [1.54, 1.807) is 0 Å². The molecule has 0 spiro atoms. The van der Waals surface area contributed by atoms with Crippen LogP contribution < -0.4 is 0 Å². The van der Waals surface area contributed by atoms with Gasteiger partial charge in [0.1, 0.15) is 0 Å². The molecule has 0 unspecified atom stereocenters. The number of aliphatic carboxylic acids is 2. The zero-order chi connectivity index (χ0) is 18.5. The van der Waals surface area contributed by atoms with Gasteiger partial charge in [-0.05, 0) is 38.8 Å². The molecule has 4 nitrogen and oxygen atoms in total. The molecule has 0 saturated heterocycles. The van der Waals surface area contributed by atoms with Crippen molar-refractivity contribution in [1.82, 2.24) is 0 Å². The summed E-state index contributed by atoms with van der Waals surface area (Å²) < 4.78 is 0. The molecule has 4 heteroatoms. The first-order valence-electron chi connectivity index (χ1n) is 7.71. The number of carboxylic acid groups (broad SMARTS) is 2. The van der Waals surface area contributed by atoms with Gasteiger partial charge >= 0.3 is 11.9 Å². The Labute approximate surface area is 143 Å². The van der Waals surface area contributed by atoms with Gasteiger partial charge in [-0.1, -0.05) is 59.7 Å². The minimum Gasteiger partial charge on any atom is -0.481 e. The molecule has 0 heterocycles. The summed E-state index contributed by atoms with van der Waals surface area (Å²) in [6, 6.07) is 16.8. The van der Waals surface area contributed by atoms with E-state index >= 15 is 0 Å². The highest BCUT2D eigenvalue weighted by Gasteiger charge is 2.00. The number of hydrogen-bond donors (Lipinski definition) is 2. The van der Waals surface area contributed by atoms with Crippen LogP contribution in [0.1, 0.15) is 35.1 Å². The molecule has 0 aliphatic rings. The normalized spacial score (nSPS) is 9.00. The molecule has 0 atom stereocenters. The molecule has 2 rings (SSSR count). The van der Waals surface area contributed by atoms with E-state index in [0.29, 0.717) is 0 Å². The van der Waals surface area contributed by atoms with Crippen LogP contribution in [0.4, 0.5) is 0 Å². The third-order valence-corrected chi connectivity index (χ3v) is 3.20. The molecule has 0 fully saturated rings. The molecule has 0 aliphatic carbocycles. The number of aryl methyl sites for hydroxylation is 4. The fraction of sp³-hybridized carbons (Fsp3) is 0.300. The Hall–Kier alpha value is -2.62. The van der Waals surface area contributed by atoms with E-state index in [-0.39, 0.29) is 12.8 Å². The maximum absolute atomic E-state index is 9.64. The molecule has 24 heavy (non-hydrogen) atoms. The lowest BCUT2D eigenvalue weighted by molar-refractivity contribution is -0.143. The van der Waals surface area contributed by atoms with Gasteiger partial charge in [0.2, 0.25) is 0 Å². The van der Waals surface area contributed by atoms with Crippen LogP contribution in [0.3, 0.4) is 0 Å². The van der Waals surface area contributed by atoms with Crippen molar-refractivity contribution in [2.45, 2.75) is 40.5 Å². The Morgan fingerprint density at radius 3 is 1.17 bits per heavy atom. The van der Waals surface area contributed by atoms with Crippen molar-refractivity contribution < 1.29 is 19.8 Å². The number of hydrogen-bond acceptors (Lipinski definition) is 2. The van der Waals surface area contributed by atoms with Crippen molar-refractivity contribution in [1.29, 1.82) is 0 Å². The molecule has 0 amide bonds. The van der Waals surface area contributed by atoms with Gasteiger partial charge in [0, 0.05) is 0 Å². The van der Waals surface area contributed by atoms with E-state index in [4.69, 9.17) is 10.2 Å². The van der Waals surface area contributed by atoms with Gasteiger partial charge < -0.3 is 10.2 Å². The fourth-order valence-corrected chi connectivity index (χ4v) is 1.51. The topological polar surface area (TPSA) is 74.6 Å². The quantitative estimate of drug-likeness (QED) is 0.866. The summed E-state index contributed by atoms with van der Waals surface area (Å²) in [6.07, 6.45) is -0.593. The maximum atomic E-state index is 9.64. The molecule has 2 aromatic rings. The summed E-state index contributed by atoms with van der Waals surface area (Å²) in [5.74, 6) is -2.15. The summed E-state index contributed by atoms with van der Waals surface area (Å²) in [5.41, 5.74) is 5.39. The third kappa shape index (κ3) is 12.0. The van der Waals surface area contributed by atoms with Crippen LogP contribution in [0.25, 0.3) is 0 Å². The van der Waals surface area contributed by atoms with Crippen molar-refractivity contribution in [2.75, 3.05) is 0 Å². The second kappa shape index (κ2) is 11.9. The van der Waals surface area contributed by atoms with Crippen molar-refractivity contribution in [3.05, 3.63) is 70.8 Å². The Kier molecular flexibility index (Phi) is 10.6. The predicted molar refractivity (Wildman–Crippen MR) is 96.3 cm³/mol. The van der Waals surface area contributed by atoms with Gasteiger partial charge in [0.05, 0.1) is 12.8 Å². The van der Waals surface area contributed by atoms with Gasteiger partial charge in [0.15, 0.2) is 0 Å². The molecule has 2 N–H and O–H groups in total. The SMILES string of the molecule is Cc1ccc(C)cc1.Cc1ccccc1C.O=C(O)CCC(=O)O. The number of carboxylic acids is 2. The molecule has 0 aromatic heterocycles. The van der Waals surface area contributed by atoms with Crippen LogP contribution in [-0.2, 0) is 9.59 Å². The predicted octanol–water partition coefficient (Wildman–Crippen LogP) is 4.54. The molecule has 0 aliphatic heterocycles. The van der Waals surface area contributed by atoms with E-state index in [1.165, 1.54) is 22.3 Å². The standard InChI is InChI=1S/2C8H10.C4H6O4/c1-7-3-5-8(2)6-4-7;1-7-5-3-4-6-8(7)2;5-3(6)1-2-4(7)8/h2*3-6H,1-2H3;1-2H2,(H,5,6)(H,7,8). The average molecular weight is 330 g/mol. The highest BCUT2D eigenvalue weighted by Crippen LogP contribution is 2.02. The molecule has 0 saturated carbocycles. The lowest BCUT2D eigenvalue weighted by Gasteiger charge is -1.93. The van der Waals surface area contributed by atoms with Crippen LogP contribution in [0.5, 0.6) is 0 Å². The summed E-state index contributed by atoms with van der Waals surface area (Å²) in [6.45, 7) is 8.43. The largest absolute Gasteiger partial charge is 0.481 e. The summed E-state index contributed by atoms with van der Waals surface area (Å²) in [7, 11) is 0. The van der Waals surface area contributed by atoms with Crippen molar-refractivity contribution in [2.24, 2.45) is 0 Å². The van der Waals surface area contributed by atoms with E-state index in [1.807, 2.05) is 0 Å². The number of rotatable bonds is 3. The Balaban J connectivity index is 0.000000331. The smallest absolute Gasteiger partial charge is 0.303 e. The first kappa shape index (κ1) is 21.4. The van der Waals surface area contributed by atoms with Crippen molar-refractivity contribution >= 4 is 11.9 Å². The Morgan fingerprint density at radius 2 is 0.958 bits per heavy atom. The minimum atomic E-state index is -1.08. The van der Waals surface area contributed by atoms with Crippen molar-refractivity contribution in [3.8, 4) is 0 Å². The lowest BCUT2D eigenvalue weighted by atomic mass is 10.1. The molecule has 0 radical (unpaired) electrons. The van der Waals surface area contributed by atoms with E-state index in [2.05, 4.69) is 76.2 Å². The summed E-state index contributed by atoms with van der Waals surface area (Å²) in [5, 5.41) is 15.8. The first-order valence-corrected chi connectivity index (χ1v) is 7.71. The maximum Gasteiger partial charge on any atom is 0.303 e. The van der Waals surface area contributed by atoms with Gasteiger partial charge in [-0.25, -0.2) is 0 Å². The van der Waals surface area contributed by atoms with E-state index in [9.17, 15) is 9.59 Å². The first-order chi connectivity index (χ1) is 11.2. The molecule has 130 valence electrons. The zero-order valence-electron chi connectivity index (χ0n) is 14.7. The molecular weight excluding hydrogens is 304 g/mol. The molecular formula is C20H26O4. The van der Waals surface area contributed by atoms with E-state index in [0.717, 1.165) is 0 Å². The Morgan fingerprint density at radius 1 is 0.667 bits per heavy atom. The van der Waals surface area contributed by atoms with Gasteiger partial charge in [0.25, 0.3) is 0 Å². The van der Waals surface area contributed by atoms with E-state index < -0.39 is 11.9 Å². The van der Waals surface area contributed by atoms with Crippen LogP contribution in [-0.4, -0.2) is 22.2 Å². The van der Waals surface area contributed by atoms with Crippen LogP contribution in [0.15, 0.2) is 48.5 Å². The highest BCUT2D eigenvalue weighted by atomic mass is 16.4. The lowest BCUT2D eigenvalue weighted by Crippen LogP contribution is -2.00. The van der Waals surface area contributed by atoms with Crippen LogP contribution in [0.2, 0.25) is 0 Å². The van der Waals surface area contributed by atoms with Crippen molar-refractivity contribution in [3.63, 3.8) is 0 Å². The number of benzene rings is 2. The monoisotopic (exact) mass is 330 g/mol. The molecule has 2 aromatic carbocycles. The zero-order valence-corrected chi connectivity index (χ0v) is 14.7. The van der Waals surface area contributed by atoms with Gasteiger partial charge in [-0.15, -0.1) is 0 Å². The van der Waals surface area contributed by atoms with Crippen LogP contribution >= 0.6 is 0 Å². The molecule has 0 bridgehead atoms. The van der Waals surface area contributed by atoms with Gasteiger partial charge in [-0.2, -0.15) is 0 Å². The summed E-state index contributed by atoms with van der Waals surface area (Å²) >= 11 is 0. The Bertz CT molecular complexity index is 574. The minimum absolute atomic E-state index is 0.296. The number of carbonyl (C=O) groups is 2. The fourth-order valence-electron chi connectivity index (χ4n) is 1.51. The third-order valence-electron chi connectivity index (χ3n) is 3.20. The summed E-state index contributed by atoms with van der Waals surface area (Å²) in [4.78, 5) is 19.3. The highest BCUT2D eigenvalue weighted by molar-refractivity contribution is 5.75. The second-order valence-electron chi connectivity index (χ2n) is 5.53.